The number of ether oxygens (including phenoxy) is 2. The highest BCUT2D eigenvalue weighted by Crippen LogP contribution is 2.32. The Morgan fingerprint density at radius 1 is 0.889 bits per heavy atom. The van der Waals surface area contributed by atoms with E-state index in [4.69, 9.17) is 31.2 Å². The molecule has 4 aromatic rings. The maximum atomic E-state index is 11.2. The van der Waals surface area contributed by atoms with Gasteiger partial charge in [0.25, 0.3) is 6.01 Å². The van der Waals surface area contributed by atoms with Gasteiger partial charge in [-0.25, -0.2) is 4.98 Å². The number of carbonyl (C=O) groups is 1. The summed E-state index contributed by atoms with van der Waals surface area (Å²) in [7, 11) is 0. The van der Waals surface area contributed by atoms with Gasteiger partial charge in [-0.1, -0.05) is 60.1 Å². The number of nitrogens with zero attached hydrogens (tertiary/aromatic N) is 4. The third-order valence-corrected chi connectivity index (χ3v) is 9.10. The fraction of sp³-hybridized carbons (Fsp3) is 0.441. The van der Waals surface area contributed by atoms with E-state index in [1.54, 1.807) is 0 Å². The van der Waals surface area contributed by atoms with E-state index < -0.39 is 5.97 Å². The second kappa shape index (κ2) is 14.7. The smallest absolute Gasteiger partial charge is 0.306 e. The van der Waals surface area contributed by atoms with E-state index in [-0.39, 0.29) is 18.6 Å². The van der Waals surface area contributed by atoms with Crippen LogP contribution in [0.25, 0.3) is 33.5 Å². The Hall–Kier alpha value is -3.54. The van der Waals surface area contributed by atoms with Gasteiger partial charge in [-0.15, -0.1) is 0 Å². The summed E-state index contributed by atoms with van der Waals surface area (Å²) >= 11 is 6.65. The number of carboxylic acid groups (broad SMARTS) is 1. The van der Waals surface area contributed by atoms with Crippen LogP contribution >= 0.6 is 11.6 Å². The molecule has 2 aromatic carbocycles. The van der Waals surface area contributed by atoms with E-state index in [1.807, 2.05) is 18.2 Å². The first-order chi connectivity index (χ1) is 21.9. The monoisotopic (exact) mass is 633 g/mol. The van der Waals surface area contributed by atoms with Crippen LogP contribution in [0.4, 0.5) is 0 Å². The van der Waals surface area contributed by atoms with Gasteiger partial charge in [0.05, 0.1) is 42.0 Å². The van der Waals surface area contributed by atoms with Gasteiger partial charge in [0.15, 0.2) is 5.65 Å². The van der Waals surface area contributed by atoms with Gasteiger partial charge in [-0.05, 0) is 48.4 Å². The number of aliphatic carboxylic acids is 1. The van der Waals surface area contributed by atoms with Crippen LogP contribution < -0.4 is 4.74 Å². The molecule has 1 aliphatic carbocycles. The molecule has 2 fully saturated rings. The lowest BCUT2D eigenvalue weighted by Gasteiger charge is -2.34. The number of rotatable bonds is 12. The SMILES string of the molecule is O=C(O)[C@H]1CC[C@H](Oc2nc3nc(-c4ccc(-c5ccc(CN6CCN(CCOCCO)CC6)cc5)cc4)c(Cl)cc3[nH]2)CC1. The molecule has 0 bridgehead atoms. The van der Waals surface area contributed by atoms with Crippen molar-refractivity contribution in [2.75, 3.05) is 52.5 Å². The van der Waals surface area contributed by atoms with Gasteiger partial charge in [-0.3, -0.25) is 14.6 Å². The number of nitrogens with one attached hydrogen (secondary N) is 1. The zero-order chi connectivity index (χ0) is 31.2. The average molecular weight is 634 g/mol. The van der Waals surface area contributed by atoms with Gasteiger partial charge in [0, 0.05) is 44.8 Å². The first-order valence-corrected chi connectivity index (χ1v) is 16.1. The number of fused-ring (bicyclic) bond motifs is 1. The zero-order valence-electron chi connectivity index (χ0n) is 25.3. The average Bonchev–Trinajstić information content (AvgIpc) is 3.45. The maximum absolute atomic E-state index is 11.2. The summed E-state index contributed by atoms with van der Waals surface area (Å²) in [6.07, 6.45) is 2.52. The number of aromatic amines is 1. The van der Waals surface area contributed by atoms with E-state index in [9.17, 15) is 9.90 Å². The summed E-state index contributed by atoms with van der Waals surface area (Å²) in [4.78, 5) is 28.6. The maximum Gasteiger partial charge on any atom is 0.306 e. The molecule has 0 spiro atoms. The van der Waals surface area contributed by atoms with Gasteiger partial charge >= 0.3 is 5.97 Å². The van der Waals surface area contributed by atoms with Crippen molar-refractivity contribution in [3.8, 4) is 28.4 Å². The first-order valence-electron chi connectivity index (χ1n) is 15.7. The van der Waals surface area contributed by atoms with Crippen molar-refractivity contribution >= 4 is 28.7 Å². The minimum atomic E-state index is -0.732. The fourth-order valence-electron chi connectivity index (χ4n) is 6.15. The summed E-state index contributed by atoms with van der Waals surface area (Å²) in [5, 5.41) is 18.6. The largest absolute Gasteiger partial charge is 0.481 e. The predicted octanol–water partition coefficient (Wildman–Crippen LogP) is 5.09. The van der Waals surface area contributed by atoms with Crippen molar-refractivity contribution in [2.45, 2.75) is 38.3 Å². The number of pyridine rings is 1. The summed E-state index contributed by atoms with van der Waals surface area (Å²) in [6.45, 7) is 7.14. The number of piperazine rings is 1. The van der Waals surface area contributed by atoms with Crippen LogP contribution in [0.2, 0.25) is 5.02 Å². The van der Waals surface area contributed by atoms with Gasteiger partial charge < -0.3 is 24.7 Å². The van der Waals surface area contributed by atoms with Crippen LogP contribution in [-0.2, 0) is 16.1 Å². The number of halogens is 1. The zero-order valence-corrected chi connectivity index (χ0v) is 26.1. The van der Waals surface area contributed by atoms with Crippen molar-refractivity contribution in [1.29, 1.82) is 0 Å². The highest BCUT2D eigenvalue weighted by Gasteiger charge is 2.27. The Kier molecular flexibility index (Phi) is 10.3. The summed E-state index contributed by atoms with van der Waals surface area (Å²) in [5.74, 6) is -1.02. The first kappa shape index (κ1) is 31.4. The Labute approximate surface area is 268 Å². The molecule has 2 aliphatic rings. The van der Waals surface area contributed by atoms with Gasteiger partial charge in [0.2, 0.25) is 0 Å². The molecule has 2 aromatic heterocycles. The third-order valence-electron chi connectivity index (χ3n) is 8.81. The number of aliphatic hydroxyl groups is 1. The Balaban J connectivity index is 1.04. The number of hydrogen-bond acceptors (Lipinski definition) is 8. The molecular formula is C34H40ClN5O5. The van der Waals surface area contributed by atoms with E-state index in [2.05, 4.69) is 56.2 Å². The molecule has 3 heterocycles. The predicted molar refractivity (Wildman–Crippen MR) is 173 cm³/mol. The van der Waals surface area contributed by atoms with Crippen molar-refractivity contribution in [3.63, 3.8) is 0 Å². The second-order valence-corrected chi connectivity index (χ2v) is 12.3. The molecule has 1 aliphatic heterocycles. The Bertz CT molecular complexity index is 1560. The quantitative estimate of drug-likeness (QED) is 0.183. The Morgan fingerprint density at radius 3 is 2.20 bits per heavy atom. The van der Waals surface area contributed by atoms with Crippen molar-refractivity contribution in [1.82, 2.24) is 24.8 Å². The molecule has 1 saturated carbocycles. The van der Waals surface area contributed by atoms with Crippen molar-refractivity contribution in [3.05, 3.63) is 65.2 Å². The number of H-pyrrole nitrogens is 1. The molecule has 11 heteroatoms. The molecule has 3 N–H and O–H groups in total. The van der Waals surface area contributed by atoms with E-state index in [1.165, 1.54) is 5.56 Å². The number of benzene rings is 2. The van der Waals surface area contributed by atoms with Gasteiger partial charge in [0.1, 0.15) is 6.10 Å². The van der Waals surface area contributed by atoms with Crippen molar-refractivity contribution in [2.24, 2.45) is 5.92 Å². The Morgan fingerprint density at radius 2 is 1.53 bits per heavy atom. The van der Waals surface area contributed by atoms with Crippen LogP contribution in [0.1, 0.15) is 31.2 Å². The van der Waals surface area contributed by atoms with Crippen molar-refractivity contribution < 1.29 is 24.5 Å². The molecular weight excluding hydrogens is 594 g/mol. The van der Waals surface area contributed by atoms with Crippen LogP contribution in [0.3, 0.4) is 0 Å². The molecule has 0 amide bonds. The van der Waals surface area contributed by atoms with Crippen LogP contribution in [-0.4, -0.2) is 99.6 Å². The van der Waals surface area contributed by atoms with Crippen LogP contribution in [0, 0.1) is 5.92 Å². The summed E-state index contributed by atoms with van der Waals surface area (Å²) < 4.78 is 11.4. The lowest BCUT2D eigenvalue weighted by molar-refractivity contribution is -0.143. The number of aliphatic hydroxyl groups excluding tert-OH is 1. The molecule has 0 atom stereocenters. The van der Waals surface area contributed by atoms with Gasteiger partial charge in [-0.2, -0.15) is 4.98 Å². The second-order valence-electron chi connectivity index (χ2n) is 11.9. The topological polar surface area (TPSA) is 124 Å². The molecule has 45 heavy (non-hydrogen) atoms. The molecule has 6 rings (SSSR count). The molecule has 0 unspecified atom stereocenters. The molecule has 0 radical (unpaired) electrons. The molecule has 10 nitrogen and oxygen atoms in total. The molecule has 238 valence electrons. The van der Waals surface area contributed by atoms with E-state index in [0.717, 1.165) is 56.0 Å². The van der Waals surface area contributed by atoms with Crippen LogP contribution in [0.5, 0.6) is 6.01 Å². The third kappa shape index (κ3) is 8.01. The standard InChI is InChI=1S/C34H40ClN5O5/c35-29-21-30-32(38-34(36-30)45-28-11-9-27(10-12-28)33(42)43)37-31(29)26-7-5-25(6-8-26)24-3-1-23(2-4-24)22-40-15-13-39(14-16-40)17-19-44-20-18-41/h1-8,21,27-28,41H,9-20,22H2,(H,42,43)(H,36,37,38)/t27-,28-. The fourth-order valence-corrected chi connectivity index (χ4v) is 6.41. The lowest BCUT2D eigenvalue weighted by Crippen LogP contribution is -2.46. The lowest BCUT2D eigenvalue weighted by atomic mass is 9.87. The van der Waals surface area contributed by atoms with E-state index in [0.29, 0.717) is 66.8 Å². The van der Waals surface area contributed by atoms with Crippen LogP contribution in [0.15, 0.2) is 54.6 Å². The minimum Gasteiger partial charge on any atom is -0.481 e. The number of hydrogen-bond donors (Lipinski definition) is 3. The highest BCUT2D eigenvalue weighted by molar-refractivity contribution is 6.33. The molecule has 1 saturated heterocycles. The number of imidazole rings is 1. The number of aromatic nitrogens is 3. The number of carboxylic acids is 1. The summed E-state index contributed by atoms with van der Waals surface area (Å²) in [6, 6.07) is 19.2. The highest BCUT2D eigenvalue weighted by atomic mass is 35.5. The summed E-state index contributed by atoms with van der Waals surface area (Å²) in [5.41, 5.74) is 6.35. The normalized spacial score (nSPS) is 19.6. The minimum absolute atomic E-state index is 0.0668. The van der Waals surface area contributed by atoms with E-state index >= 15 is 0 Å².